The Morgan fingerprint density at radius 1 is 1.21 bits per heavy atom. The number of imide groups is 1. The fourth-order valence-corrected chi connectivity index (χ4v) is 2.23. The van der Waals surface area contributed by atoms with Crippen LogP contribution < -0.4 is 4.74 Å². The summed E-state index contributed by atoms with van der Waals surface area (Å²) in [6, 6.07) is 5.81. The lowest BCUT2D eigenvalue weighted by Gasteiger charge is -2.16. The van der Waals surface area contributed by atoms with Crippen LogP contribution in [-0.4, -0.2) is 66.8 Å². The Morgan fingerprint density at radius 2 is 1.83 bits per heavy atom. The number of nitrogens with zero attached hydrogens (tertiary/aromatic N) is 2. The van der Waals surface area contributed by atoms with Crippen LogP contribution in [0, 0.1) is 0 Å². The number of hydrogen-bond donors (Lipinski definition) is 0. The third-order valence-corrected chi connectivity index (χ3v) is 3.57. The van der Waals surface area contributed by atoms with Crippen molar-refractivity contribution >= 4 is 23.7 Å². The van der Waals surface area contributed by atoms with E-state index in [-0.39, 0.29) is 12.3 Å². The molecule has 3 amide bonds. The van der Waals surface area contributed by atoms with Gasteiger partial charge in [-0.15, -0.1) is 0 Å². The molecule has 0 aromatic heterocycles. The highest BCUT2D eigenvalue weighted by molar-refractivity contribution is 6.04. The van der Waals surface area contributed by atoms with Crippen molar-refractivity contribution in [3.63, 3.8) is 0 Å². The van der Waals surface area contributed by atoms with Crippen LogP contribution in [0.25, 0.3) is 0 Å². The summed E-state index contributed by atoms with van der Waals surface area (Å²) in [6.07, 6.45) is -1.03. The number of carbonyl (C=O) groups excluding carboxylic acids is 4. The molecule has 0 spiro atoms. The zero-order valence-electron chi connectivity index (χ0n) is 13.6. The highest BCUT2D eigenvalue weighted by atomic mass is 16.5. The minimum atomic E-state index is -1.03. The van der Waals surface area contributed by atoms with Crippen molar-refractivity contribution in [1.29, 1.82) is 0 Å². The topological polar surface area (TPSA) is 93.2 Å². The van der Waals surface area contributed by atoms with Gasteiger partial charge in [0, 0.05) is 12.6 Å². The van der Waals surface area contributed by atoms with Gasteiger partial charge < -0.3 is 14.4 Å². The van der Waals surface area contributed by atoms with E-state index in [0.717, 1.165) is 4.90 Å². The molecule has 1 saturated heterocycles. The predicted molar refractivity (Wildman–Crippen MR) is 82.6 cm³/mol. The summed E-state index contributed by atoms with van der Waals surface area (Å²) >= 11 is 0. The van der Waals surface area contributed by atoms with Gasteiger partial charge in [-0.3, -0.25) is 19.3 Å². The summed E-state index contributed by atoms with van der Waals surface area (Å²) in [5.74, 6) is -1.08. The molecule has 1 aliphatic heterocycles. The number of hydrogen-bond acceptors (Lipinski definition) is 6. The highest BCUT2D eigenvalue weighted by Gasteiger charge is 2.35. The van der Waals surface area contributed by atoms with Crippen molar-refractivity contribution < 1.29 is 28.7 Å². The van der Waals surface area contributed by atoms with Gasteiger partial charge >= 0.3 is 12.0 Å². The molecule has 0 bridgehead atoms. The molecule has 24 heavy (non-hydrogen) atoms. The molecule has 0 radical (unpaired) electrons. The number of esters is 1. The SMILES string of the molecule is COc1ccc(C(=O)[C@@H](C)OC(=O)CN2C(=O)CN(C)C2=O)cc1. The minimum Gasteiger partial charge on any atom is -0.497 e. The zero-order valence-corrected chi connectivity index (χ0v) is 13.6. The van der Waals surface area contributed by atoms with Crippen molar-refractivity contribution in [2.24, 2.45) is 0 Å². The number of ether oxygens (including phenoxy) is 2. The summed E-state index contributed by atoms with van der Waals surface area (Å²) < 4.78 is 10.0. The summed E-state index contributed by atoms with van der Waals surface area (Å²) in [5.41, 5.74) is 0.365. The van der Waals surface area contributed by atoms with Crippen LogP contribution in [0.5, 0.6) is 5.75 Å². The van der Waals surface area contributed by atoms with E-state index in [0.29, 0.717) is 11.3 Å². The number of methoxy groups -OCH3 is 1. The Balaban J connectivity index is 1.94. The largest absolute Gasteiger partial charge is 0.497 e. The van der Waals surface area contributed by atoms with Crippen molar-refractivity contribution in [3.8, 4) is 5.75 Å². The molecule has 0 unspecified atom stereocenters. The minimum absolute atomic E-state index is 0.0769. The Kier molecular flexibility index (Phi) is 5.18. The molecule has 8 heteroatoms. The van der Waals surface area contributed by atoms with Gasteiger partial charge in [-0.1, -0.05) is 0 Å². The number of likely N-dealkylation sites (N-methyl/N-ethyl adjacent to an activating group) is 1. The first-order chi connectivity index (χ1) is 11.3. The lowest BCUT2D eigenvalue weighted by atomic mass is 10.1. The molecular weight excluding hydrogens is 316 g/mol. The molecule has 0 N–H and O–H groups in total. The summed E-state index contributed by atoms with van der Waals surface area (Å²) in [7, 11) is 2.97. The van der Waals surface area contributed by atoms with Crippen LogP contribution in [0.2, 0.25) is 0 Å². The van der Waals surface area contributed by atoms with Gasteiger partial charge in [-0.05, 0) is 31.2 Å². The first-order valence-electron chi connectivity index (χ1n) is 7.26. The second-order valence-electron chi connectivity index (χ2n) is 5.34. The highest BCUT2D eigenvalue weighted by Crippen LogP contribution is 2.14. The first-order valence-corrected chi connectivity index (χ1v) is 7.26. The van der Waals surface area contributed by atoms with Crippen LogP contribution in [-0.2, 0) is 14.3 Å². The van der Waals surface area contributed by atoms with Gasteiger partial charge in [0.05, 0.1) is 7.11 Å². The molecule has 1 heterocycles. The predicted octanol–water partition coefficient (Wildman–Crippen LogP) is 0.704. The zero-order chi connectivity index (χ0) is 17.9. The van der Waals surface area contributed by atoms with E-state index in [1.165, 1.54) is 26.0 Å². The fraction of sp³-hybridized carbons (Fsp3) is 0.375. The molecule has 1 atom stereocenters. The van der Waals surface area contributed by atoms with Gasteiger partial charge in [-0.2, -0.15) is 0 Å². The second-order valence-corrected chi connectivity index (χ2v) is 5.34. The molecular formula is C16H18N2O6. The van der Waals surface area contributed by atoms with Gasteiger partial charge in [0.2, 0.25) is 5.78 Å². The van der Waals surface area contributed by atoms with Crippen molar-refractivity contribution in [2.45, 2.75) is 13.0 Å². The molecule has 1 fully saturated rings. The molecule has 0 saturated carbocycles. The number of Topliss-reactive ketones (excluding diaryl/α,β-unsaturated/α-hetero) is 1. The summed E-state index contributed by atoms with van der Waals surface area (Å²) in [6.45, 7) is 0.846. The Labute approximate surface area is 138 Å². The van der Waals surface area contributed by atoms with Crippen LogP contribution >= 0.6 is 0 Å². The maximum absolute atomic E-state index is 12.2. The summed E-state index contributed by atoms with van der Waals surface area (Å²) in [4.78, 5) is 49.4. The van der Waals surface area contributed by atoms with E-state index in [1.54, 1.807) is 24.3 Å². The van der Waals surface area contributed by atoms with Gasteiger partial charge in [0.15, 0.2) is 6.10 Å². The first kappa shape index (κ1) is 17.5. The van der Waals surface area contributed by atoms with E-state index in [1.807, 2.05) is 0 Å². The number of carbonyl (C=O) groups is 4. The normalized spacial score (nSPS) is 15.5. The van der Waals surface area contributed by atoms with Crippen LogP contribution in [0.4, 0.5) is 4.79 Å². The smallest absolute Gasteiger partial charge is 0.327 e. The van der Waals surface area contributed by atoms with E-state index in [9.17, 15) is 19.2 Å². The second kappa shape index (κ2) is 7.12. The van der Waals surface area contributed by atoms with Crippen molar-refractivity contribution in [1.82, 2.24) is 9.80 Å². The van der Waals surface area contributed by atoms with Gasteiger partial charge in [0.1, 0.15) is 18.8 Å². The van der Waals surface area contributed by atoms with E-state index in [2.05, 4.69) is 0 Å². The van der Waals surface area contributed by atoms with Crippen LogP contribution in [0.1, 0.15) is 17.3 Å². The van der Waals surface area contributed by atoms with E-state index >= 15 is 0 Å². The number of ketones is 1. The maximum Gasteiger partial charge on any atom is 0.327 e. The number of benzene rings is 1. The third kappa shape index (κ3) is 3.70. The molecule has 2 rings (SSSR count). The lowest BCUT2D eigenvalue weighted by Crippen LogP contribution is -2.38. The molecule has 1 aromatic carbocycles. The van der Waals surface area contributed by atoms with Crippen LogP contribution in [0.15, 0.2) is 24.3 Å². The third-order valence-electron chi connectivity index (χ3n) is 3.57. The standard InChI is InChI=1S/C16H18N2O6/c1-10(15(21)11-4-6-12(23-3)7-5-11)24-14(20)9-18-13(19)8-17(2)16(18)22/h4-7,10H,8-9H2,1-3H3/t10-/m1/s1. The Bertz CT molecular complexity index is 670. The molecule has 0 aliphatic carbocycles. The Morgan fingerprint density at radius 3 is 2.33 bits per heavy atom. The average molecular weight is 334 g/mol. The molecule has 1 aliphatic rings. The quantitative estimate of drug-likeness (QED) is 0.432. The maximum atomic E-state index is 12.2. The van der Waals surface area contributed by atoms with Gasteiger partial charge in [0.25, 0.3) is 5.91 Å². The number of urea groups is 1. The molecule has 1 aromatic rings. The number of amides is 3. The van der Waals surface area contributed by atoms with E-state index in [4.69, 9.17) is 9.47 Å². The lowest BCUT2D eigenvalue weighted by molar-refractivity contribution is -0.149. The van der Waals surface area contributed by atoms with Crippen LogP contribution in [0.3, 0.4) is 0 Å². The number of rotatable bonds is 6. The molecule has 128 valence electrons. The van der Waals surface area contributed by atoms with Crippen molar-refractivity contribution in [3.05, 3.63) is 29.8 Å². The molecule has 8 nitrogen and oxygen atoms in total. The Hall–Kier alpha value is -2.90. The fourth-order valence-electron chi connectivity index (χ4n) is 2.23. The van der Waals surface area contributed by atoms with Gasteiger partial charge in [-0.25, -0.2) is 4.79 Å². The summed E-state index contributed by atoms with van der Waals surface area (Å²) in [5, 5.41) is 0. The monoisotopic (exact) mass is 334 g/mol. The van der Waals surface area contributed by atoms with Crippen molar-refractivity contribution in [2.75, 3.05) is 27.2 Å². The average Bonchev–Trinajstić information content (AvgIpc) is 2.80. The van der Waals surface area contributed by atoms with E-state index < -0.39 is 30.6 Å².